The Labute approximate surface area is 174 Å². The second kappa shape index (κ2) is 8.76. The first-order valence-corrected chi connectivity index (χ1v) is 9.60. The normalized spacial score (nSPS) is 23.7. The van der Waals surface area contributed by atoms with Gasteiger partial charge in [-0.15, -0.1) is 12.4 Å². The fourth-order valence-corrected chi connectivity index (χ4v) is 4.78. The second-order valence-corrected chi connectivity index (χ2v) is 7.90. The zero-order chi connectivity index (χ0) is 19.8. The Morgan fingerprint density at radius 3 is 2.52 bits per heavy atom. The molecule has 0 aromatic heterocycles. The minimum atomic E-state index is -0.618. The summed E-state index contributed by atoms with van der Waals surface area (Å²) < 4.78 is 40.5. The van der Waals surface area contributed by atoms with Gasteiger partial charge in [-0.2, -0.15) is 0 Å². The van der Waals surface area contributed by atoms with E-state index >= 15 is 0 Å². The Bertz CT molecular complexity index is 894. The number of halogens is 4. The van der Waals surface area contributed by atoms with E-state index in [1.807, 2.05) is 18.0 Å². The van der Waals surface area contributed by atoms with Crippen LogP contribution in [0.5, 0.6) is 0 Å². The highest BCUT2D eigenvalue weighted by Gasteiger charge is 2.47. The van der Waals surface area contributed by atoms with Crippen LogP contribution in [0.2, 0.25) is 0 Å². The number of carbonyl (C=O) groups is 1. The third-order valence-corrected chi connectivity index (χ3v) is 6.06. The molecule has 2 saturated heterocycles. The number of fused-ring (bicyclic) bond motifs is 1. The van der Waals surface area contributed by atoms with Crippen molar-refractivity contribution < 1.29 is 18.0 Å². The first kappa shape index (κ1) is 21.7. The highest BCUT2D eigenvalue weighted by atomic mass is 35.5. The van der Waals surface area contributed by atoms with Gasteiger partial charge in [0.15, 0.2) is 0 Å². The first-order valence-electron chi connectivity index (χ1n) is 9.60. The average molecular weight is 425 g/mol. The Morgan fingerprint density at radius 2 is 1.79 bits per heavy atom. The van der Waals surface area contributed by atoms with Gasteiger partial charge >= 0.3 is 0 Å². The van der Waals surface area contributed by atoms with Crippen molar-refractivity contribution in [2.75, 3.05) is 26.7 Å². The third kappa shape index (κ3) is 4.43. The minimum Gasteiger partial charge on any atom is -0.342 e. The topological polar surface area (TPSA) is 23.6 Å². The van der Waals surface area contributed by atoms with Crippen molar-refractivity contribution in [3.05, 3.63) is 71.0 Å². The molecule has 2 aromatic carbocycles. The van der Waals surface area contributed by atoms with E-state index in [1.165, 1.54) is 18.2 Å². The van der Waals surface area contributed by atoms with Crippen molar-refractivity contribution in [3.8, 4) is 0 Å². The van der Waals surface area contributed by atoms with Gasteiger partial charge in [0.25, 0.3) is 0 Å². The summed E-state index contributed by atoms with van der Waals surface area (Å²) in [7, 11) is 2.04. The summed E-state index contributed by atoms with van der Waals surface area (Å²) in [5.41, 5.74) is 1.30. The first-order chi connectivity index (χ1) is 13.4. The zero-order valence-electron chi connectivity index (χ0n) is 16.2. The average Bonchev–Trinajstić information content (AvgIpc) is 3.17. The van der Waals surface area contributed by atoms with Gasteiger partial charge in [-0.3, -0.25) is 9.69 Å². The maximum atomic E-state index is 13.8. The van der Waals surface area contributed by atoms with Gasteiger partial charge in [-0.25, -0.2) is 13.2 Å². The van der Waals surface area contributed by atoms with Crippen molar-refractivity contribution in [1.82, 2.24) is 9.80 Å². The fraction of sp³-hybridized carbons (Fsp3) is 0.409. The molecule has 2 aliphatic heterocycles. The summed E-state index contributed by atoms with van der Waals surface area (Å²) in [5.74, 6) is -0.880. The number of hydrogen-bond acceptors (Lipinski definition) is 2. The van der Waals surface area contributed by atoms with Crippen molar-refractivity contribution in [1.29, 1.82) is 0 Å². The maximum absolute atomic E-state index is 13.8. The number of benzene rings is 2. The van der Waals surface area contributed by atoms with Crippen LogP contribution < -0.4 is 0 Å². The van der Waals surface area contributed by atoms with Crippen LogP contribution in [0, 0.1) is 29.3 Å². The molecule has 2 aromatic rings. The van der Waals surface area contributed by atoms with E-state index in [1.54, 1.807) is 12.1 Å². The van der Waals surface area contributed by atoms with Crippen molar-refractivity contribution >= 4 is 18.3 Å². The van der Waals surface area contributed by atoms with Crippen LogP contribution in [0.4, 0.5) is 13.2 Å². The Balaban J connectivity index is 0.00000240. The largest absolute Gasteiger partial charge is 0.342 e. The van der Waals surface area contributed by atoms with Gasteiger partial charge in [0.1, 0.15) is 17.5 Å². The van der Waals surface area contributed by atoms with Crippen LogP contribution in [0.1, 0.15) is 23.6 Å². The minimum absolute atomic E-state index is 0. The standard InChI is InChI=1S/C22H23F3N2O.ClH/c1-26-11-16-12-27(13-19(16)22(26)15-3-2-4-17(23)9-15)21(28)8-6-14-5-7-18(24)10-20(14)25;/h2-5,7,9-10,16,19,22H,6,8,11-13H2,1H3;1H/t16-,19+,22-;/m0./s1. The van der Waals surface area contributed by atoms with E-state index in [2.05, 4.69) is 4.90 Å². The van der Waals surface area contributed by atoms with Crippen LogP contribution in [0.15, 0.2) is 42.5 Å². The molecule has 3 atom stereocenters. The number of likely N-dealkylation sites (tertiary alicyclic amines) is 2. The van der Waals surface area contributed by atoms with Gasteiger partial charge in [-0.1, -0.05) is 18.2 Å². The molecule has 0 unspecified atom stereocenters. The smallest absolute Gasteiger partial charge is 0.222 e. The maximum Gasteiger partial charge on any atom is 0.222 e. The summed E-state index contributed by atoms with van der Waals surface area (Å²) in [5, 5.41) is 0. The summed E-state index contributed by atoms with van der Waals surface area (Å²) in [6.07, 6.45) is 0.451. The highest BCUT2D eigenvalue weighted by Crippen LogP contribution is 2.44. The molecule has 0 bridgehead atoms. The molecule has 0 saturated carbocycles. The molecule has 4 rings (SSSR count). The van der Waals surface area contributed by atoms with Gasteiger partial charge in [0.2, 0.25) is 5.91 Å². The van der Waals surface area contributed by atoms with E-state index < -0.39 is 11.6 Å². The second-order valence-electron chi connectivity index (χ2n) is 7.90. The van der Waals surface area contributed by atoms with E-state index in [0.29, 0.717) is 24.6 Å². The van der Waals surface area contributed by atoms with Crippen molar-refractivity contribution in [3.63, 3.8) is 0 Å². The summed E-state index contributed by atoms with van der Waals surface area (Å²) in [6, 6.07) is 10.2. The highest BCUT2D eigenvalue weighted by molar-refractivity contribution is 5.85. The number of rotatable bonds is 4. The van der Waals surface area contributed by atoms with Crippen LogP contribution in [-0.4, -0.2) is 42.4 Å². The van der Waals surface area contributed by atoms with E-state index in [4.69, 9.17) is 0 Å². The number of amides is 1. The molecule has 0 N–H and O–H groups in total. The number of carbonyl (C=O) groups excluding carboxylic acids is 1. The number of hydrogen-bond donors (Lipinski definition) is 0. The van der Waals surface area contributed by atoms with Gasteiger partial charge in [0, 0.05) is 44.1 Å². The molecule has 2 heterocycles. The van der Waals surface area contributed by atoms with Crippen LogP contribution in [0.25, 0.3) is 0 Å². The molecule has 0 aliphatic carbocycles. The van der Waals surface area contributed by atoms with Crippen molar-refractivity contribution in [2.24, 2.45) is 11.8 Å². The molecule has 29 heavy (non-hydrogen) atoms. The molecule has 3 nitrogen and oxygen atoms in total. The molecule has 0 radical (unpaired) electrons. The van der Waals surface area contributed by atoms with Crippen molar-refractivity contribution in [2.45, 2.75) is 18.9 Å². The fourth-order valence-electron chi connectivity index (χ4n) is 4.78. The summed E-state index contributed by atoms with van der Waals surface area (Å²) in [4.78, 5) is 16.7. The lowest BCUT2D eigenvalue weighted by molar-refractivity contribution is -0.130. The molecule has 2 fully saturated rings. The number of aryl methyl sites for hydroxylation is 1. The van der Waals surface area contributed by atoms with E-state index in [-0.39, 0.29) is 48.9 Å². The molecule has 2 aliphatic rings. The van der Waals surface area contributed by atoms with Gasteiger partial charge in [-0.05, 0) is 48.7 Å². The third-order valence-electron chi connectivity index (χ3n) is 6.06. The predicted molar refractivity (Wildman–Crippen MR) is 107 cm³/mol. The Morgan fingerprint density at radius 1 is 1.03 bits per heavy atom. The lowest BCUT2D eigenvalue weighted by atomic mass is 9.89. The zero-order valence-corrected chi connectivity index (χ0v) is 17.0. The quantitative estimate of drug-likeness (QED) is 0.733. The monoisotopic (exact) mass is 424 g/mol. The van der Waals surface area contributed by atoms with E-state index in [9.17, 15) is 18.0 Å². The number of nitrogens with zero attached hydrogens (tertiary/aromatic N) is 2. The Hall–Kier alpha value is -2.05. The molecule has 7 heteroatoms. The Kier molecular flexibility index (Phi) is 6.54. The van der Waals surface area contributed by atoms with Gasteiger partial charge in [0.05, 0.1) is 0 Å². The lowest BCUT2D eigenvalue weighted by Crippen LogP contribution is -2.33. The van der Waals surface area contributed by atoms with E-state index in [0.717, 1.165) is 18.2 Å². The SMILES string of the molecule is CN1C[C@H]2CN(C(=O)CCc3ccc(F)cc3F)C[C@H]2[C@@H]1c1cccc(F)c1.Cl. The summed E-state index contributed by atoms with van der Waals surface area (Å²) >= 11 is 0. The molecular formula is C22H24ClF3N2O. The summed E-state index contributed by atoms with van der Waals surface area (Å²) in [6.45, 7) is 2.16. The van der Waals surface area contributed by atoms with Crippen LogP contribution in [0.3, 0.4) is 0 Å². The predicted octanol–water partition coefficient (Wildman–Crippen LogP) is 4.22. The molecule has 0 spiro atoms. The lowest BCUT2D eigenvalue weighted by Gasteiger charge is -2.27. The molecule has 1 amide bonds. The molecule has 156 valence electrons. The van der Waals surface area contributed by atoms with Gasteiger partial charge < -0.3 is 4.90 Å². The van der Waals surface area contributed by atoms with Crippen LogP contribution >= 0.6 is 12.4 Å². The molecular weight excluding hydrogens is 401 g/mol. The van der Waals surface area contributed by atoms with Crippen LogP contribution in [-0.2, 0) is 11.2 Å².